The molecule has 0 fully saturated rings. The number of anilines is 1. The van der Waals surface area contributed by atoms with Gasteiger partial charge in [-0.2, -0.15) is 13.2 Å². The monoisotopic (exact) mass is 357 g/mol. The van der Waals surface area contributed by atoms with Crippen molar-refractivity contribution in [2.24, 2.45) is 0 Å². The molecule has 1 aromatic carbocycles. The van der Waals surface area contributed by atoms with Crippen molar-refractivity contribution in [3.05, 3.63) is 33.5 Å². The predicted molar refractivity (Wildman–Crippen MR) is 69.1 cm³/mol. The van der Waals surface area contributed by atoms with Gasteiger partial charge in [0.15, 0.2) is 0 Å². The number of methoxy groups -OCH3 is 1. The number of rotatable bonds is 3. The van der Waals surface area contributed by atoms with Crippen molar-refractivity contribution in [3.8, 4) is 5.75 Å². The lowest BCUT2D eigenvalue weighted by Crippen LogP contribution is -2.19. The zero-order chi connectivity index (χ0) is 13.1. The van der Waals surface area contributed by atoms with Gasteiger partial charge >= 0.3 is 6.18 Å². The minimum Gasteiger partial charge on any atom is -0.497 e. The van der Waals surface area contributed by atoms with Crippen LogP contribution in [0.1, 0.15) is 6.92 Å². The highest BCUT2D eigenvalue weighted by atomic mass is 127. The van der Waals surface area contributed by atoms with E-state index in [1.165, 1.54) is 20.1 Å². The lowest BCUT2D eigenvalue weighted by atomic mass is 10.2. The van der Waals surface area contributed by atoms with E-state index in [-0.39, 0.29) is 0 Å². The number of benzene rings is 1. The summed E-state index contributed by atoms with van der Waals surface area (Å²) >= 11 is 1.96. The zero-order valence-corrected chi connectivity index (χ0v) is 11.4. The molecule has 0 heterocycles. The lowest BCUT2D eigenvalue weighted by Gasteiger charge is -2.15. The van der Waals surface area contributed by atoms with Crippen LogP contribution in [-0.4, -0.2) is 13.3 Å². The quantitative estimate of drug-likeness (QED) is 0.820. The number of allylic oxidation sites excluding steroid dienone is 2. The maximum atomic E-state index is 12.6. The predicted octanol–water partition coefficient (Wildman–Crippen LogP) is 4.18. The van der Waals surface area contributed by atoms with Gasteiger partial charge in [-0.3, -0.25) is 0 Å². The molecule has 6 heteroatoms. The van der Waals surface area contributed by atoms with E-state index in [2.05, 4.69) is 5.32 Å². The molecule has 0 aromatic heterocycles. The van der Waals surface area contributed by atoms with Crippen LogP contribution in [0.5, 0.6) is 5.75 Å². The van der Waals surface area contributed by atoms with Crippen molar-refractivity contribution in [2.75, 3.05) is 12.4 Å². The average molecular weight is 357 g/mol. The molecular weight excluding hydrogens is 346 g/mol. The standard InChI is InChI=1S/C11H11F3INO/c1-3-10(11(12,13)14)16-9-6-7(17-2)4-5-8(9)15/h3-6,16H,1-2H3. The molecule has 0 aliphatic carbocycles. The third kappa shape index (κ3) is 3.79. The van der Waals surface area contributed by atoms with E-state index < -0.39 is 11.9 Å². The molecule has 0 bridgehead atoms. The van der Waals surface area contributed by atoms with Gasteiger partial charge in [0.25, 0.3) is 0 Å². The fraction of sp³-hybridized carbons (Fsp3) is 0.273. The normalized spacial score (nSPS) is 12.5. The third-order valence-electron chi connectivity index (χ3n) is 2.04. The van der Waals surface area contributed by atoms with Gasteiger partial charge in [0, 0.05) is 9.64 Å². The van der Waals surface area contributed by atoms with Crippen molar-refractivity contribution >= 4 is 28.3 Å². The van der Waals surface area contributed by atoms with Crippen LogP contribution >= 0.6 is 22.6 Å². The first-order valence-corrected chi connectivity index (χ1v) is 5.80. The summed E-state index contributed by atoms with van der Waals surface area (Å²) < 4.78 is 43.3. The van der Waals surface area contributed by atoms with Gasteiger partial charge in [-0.15, -0.1) is 0 Å². The first-order valence-electron chi connectivity index (χ1n) is 4.72. The SMILES string of the molecule is CC=C(Nc1cc(OC)ccc1I)C(F)(F)F. The fourth-order valence-electron chi connectivity index (χ4n) is 1.18. The van der Waals surface area contributed by atoms with Crippen LogP contribution in [0, 0.1) is 3.57 Å². The topological polar surface area (TPSA) is 21.3 Å². The van der Waals surface area contributed by atoms with E-state index in [1.54, 1.807) is 12.1 Å². The molecule has 0 radical (unpaired) electrons. The Balaban J connectivity index is 3.02. The molecular formula is C11H11F3INO. The highest BCUT2D eigenvalue weighted by Gasteiger charge is 2.33. The van der Waals surface area contributed by atoms with E-state index >= 15 is 0 Å². The van der Waals surface area contributed by atoms with Gasteiger partial charge in [-0.25, -0.2) is 0 Å². The molecule has 0 saturated carbocycles. The number of nitrogens with one attached hydrogen (secondary N) is 1. The van der Waals surface area contributed by atoms with Gasteiger partial charge in [-0.1, -0.05) is 6.08 Å². The molecule has 1 rings (SSSR count). The van der Waals surface area contributed by atoms with E-state index in [0.29, 0.717) is 15.0 Å². The first-order chi connectivity index (χ1) is 7.88. The molecule has 1 N–H and O–H groups in total. The lowest BCUT2D eigenvalue weighted by molar-refractivity contribution is -0.0903. The minimum absolute atomic E-state index is 0.371. The van der Waals surface area contributed by atoms with Crippen LogP contribution < -0.4 is 10.1 Å². The van der Waals surface area contributed by atoms with Crippen LogP contribution in [0.15, 0.2) is 30.0 Å². The highest BCUT2D eigenvalue weighted by molar-refractivity contribution is 14.1. The summed E-state index contributed by atoms with van der Waals surface area (Å²) in [5, 5.41) is 2.36. The molecule has 0 spiro atoms. The third-order valence-corrected chi connectivity index (χ3v) is 2.98. The van der Waals surface area contributed by atoms with E-state index in [4.69, 9.17) is 4.74 Å². The highest BCUT2D eigenvalue weighted by Crippen LogP contribution is 2.30. The summed E-state index contributed by atoms with van der Waals surface area (Å²) in [5.41, 5.74) is -0.418. The number of hydrogen-bond donors (Lipinski definition) is 1. The largest absolute Gasteiger partial charge is 0.497 e. The van der Waals surface area contributed by atoms with Crippen LogP contribution in [0.2, 0.25) is 0 Å². The van der Waals surface area contributed by atoms with Crippen LogP contribution in [0.25, 0.3) is 0 Å². The van der Waals surface area contributed by atoms with Crippen LogP contribution in [0.3, 0.4) is 0 Å². The molecule has 0 aliphatic rings. The molecule has 0 amide bonds. The van der Waals surface area contributed by atoms with Crippen molar-refractivity contribution in [1.29, 1.82) is 0 Å². The van der Waals surface area contributed by atoms with Crippen molar-refractivity contribution in [1.82, 2.24) is 0 Å². The van der Waals surface area contributed by atoms with Crippen LogP contribution in [-0.2, 0) is 0 Å². The Hall–Kier alpha value is -0.920. The second-order valence-corrected chi connectivity index (χ2v) is 4.33. The zero-order valence-electron chi connectivity index (χ0n) is 9.23. The summed E-state index contributed by atoms with van der Waals surface area (Å²) in [6.45, 7) is 1.34. The summed E-state index contributed by atoms with van der Waals surface area (Å²) in [6, 6.07) is 4.90. The van der Waals surface area contributed by atoms with E-state index in [0.717, 1.165) is 6.08 Å². The molecule has 0 saturated heterocycles. The van der Waals surface area contributed by atoms with Crippen molar-refractivity contribution in [3.63, 3.8) is 0 Å². The Labute approximate surface area is 111 Å². The molecule has 1 aromatic rings. The Morgan fingerprint density at radius 1 is 1.41 bits per heavy atom. The Morgan fingerprint density at radius 3 is 2.53 bits per heavy atom. The van der Waals surface area contributed by atoms with Gasteiger partial charge in [0.2, 0.25) is 0 Å². The minimum atomic E-state index is -4.39. The maximum absolute atomic E-state index is 12.6. The second-order valence-electron chi connectivity index (χ2n) is 3.17. The summed E-state index contributed by atoms with van der Waals surface area (Å²) in [5.74, 6) is 0.505. The molecule has 0 unspecified atom stereocenters. The molecule has 0 atom stereocenters. The van der Waals surface area contributed by atoms with Gasteiger partial charge < -0.3 is 10.1 Å². The average Bonchev–Trinajstić information content (AvgIpc) is 2.26. The Bertz CT molecular complexity index is 429. The molecule has 17 heavy (non-hydrogen) atoms. The summed E-state index contributed by atoms with van der Waals surface area (Å²) in [6.07, 6.45) is -3.39. The number of alkyl halides is 3. The summed E-state index contributed by atoms with van der Waals surface area (Å²) in [4.78, 5) is 0. The number of hydrogen-bond acceptors (Lipinski definition) is 2. The number of halogens is 4. The molecule has 2 nitrogen and oxygen atoms in total. The Morgan fingerprint density at radius 2 is 2.06 bits per heavy atom. The van der Waals surface area contributed by atoms with E-state index in [9.17, 15) is 13.2 Å². The van der Waals surface area contributed by atoms with Gasteiger partial charge in [0.1, 0.15) is 11.4 Å². The van der Waals surface area contributed by atoms with Crippen molar-refractivity contribution < 1.29 is 17.9 Å². The Kier molecular flexibility index (Phi) is 4.67. The molecule has 94 valence electrons. The van der Waals surface area contributed by atoms with Gasteiger partial charge in [-0.05, 0) is 41.6 Å². The maximum Gasteiger partial charge on any atom is 0.430 e. The van der Waals surface area contributed by atoms with Crippen molar-refractivity contribution in [2.45, 2.75) is 13.1 Å². The molecule has 0 aliphatic heterocycles. The smallest absolute Gasteiger partial charge is 0.430 e. The van der Waals surface area contributed by atoms with Gasteiger partial charge in [0.05, 0.1) is 12.8 Å². The first kappa shape index (κ1) is 14.1. The second kappa shape index (κ2) is 5.61. The van der Waals surface area contributed by atoms with Crippen LogP contribution in [0.4, 0.5) is 18.9 Å². The summed E-state index contributed by atoms with van der Waals surface area (Å²) in [7, 11) is 1.46. The fourth-order valence-corrected chi connectivity index (χ4v) is 1.65. The number of ether oxygens (including phenoxy) is 1. The van der Waals surface area contributed by atoms with E-state index in [1.807, 2.05) is 22.6 Å².